The molecule has 1 saturated carbocycles. The molecule has 1 fully saturated rings. The van der Waals surface area contributed by atoms with Crippen molar-refractivity contribution in [1.29, 1.82) is 0 Å². The first-order valence-corrected chi connectivity index (χ1v) is 7.63. The molecular formula is C17H27N. The molecule has 1 aliphatic rings. The van der Waals surface area contributed by atoms with Crippen LogP contribution in [0.4, 0.5) is 0 Å². The standard InChI is InChI=1S/C17H27N/c1-3-16(15-11-6-5-7-12-15)17(18-4-2)13-14-9-8-10-14/h5-7,11-12,14,16-18H,3-4,8-10,13H2,1-2H3. The van der Waals surface area contributed by atoms with Crippen LogP contribution in [0.2, 0.25) is 0 Å². The van der Waals surface area contributed by atoms with Crippen LogP contribution in [0.1, 0.15) is 57.4 Å². The van der Waals surface area contributed by atoms with Crippen LogP contribution in [-0.4, -0.2) is 12.6 Å². The molecule has 0 saturated heterocycles. The first kappa shape index (κ1) is 13.6. The van der Waals surface area contributed by atoms with Crippen LogP contribution in [0.25, 0.3) is 0 Å². The topological polar surface area (TPSA) is 12.0 Å². The summed E-state index contributed by atoms with van der Waals surface area (Å²) in [5.74, 6) is 1.65. The van der Waals surface area contributed by atoms with Gasteiger partial charge in [-0.1, -0.05) is 63.4 Å². The lowest BCUT2D eigenvalue weighted by Crippen LogP contribution is -2.37. The molecule has 2 unspecified atom stereocenters. The van der Waals surface area contributed by atoms with Crippen molar-refractivity contribution in [3.05, 3.63) is 35.9 Å². The van der Waals surface area contributed by atoms with Gasteiger partial charge in [-0.2, -0.15) is 0 Å². The number of hydrogen-bond acceptors (Lipinski definition) is 1. The minimum absolute atomic E-state index is 0.660. The summed E-state index contributed by atoms with van der Waals surface area (Å²) in [7, 11) is 0. The molecule has 1 aromatic carbocycles. The van der Waals surface area contributed by atoms with Gasteiger partial charge in [-0.3, -0.25) is 0 Å². The highest BCUT2D eigenvalue weighted by Crippen LogP contribution is 2.35. The van der Waals surface area contributed by atoms with Gasteiger partial charge in [-0.05, 0) is 36.8 Å². The molecule has 1 heteroatoms. The third kappa shape index (κ3) is 3.35. The minimum atomic E-state index is 0.660. The summed E-state index contributed by atoms with van der Waals surface area (Å²) >= 11 is 0. The van der Waals surface area contributed by atoms with Crippen LogP contribution >= 0.6 is 0 Å². The van der Waals surface area contributed by atoms with E-state index in [1.807, 2.05) is 0 Å². The van der Waals surface area contributed by atoms with Crippen molar-refractivity contribution in [2.75, 3.05) is 6.54 Å². The fourth-order valence-corrected chi connectivity index (χ4v) is 3.19. The zero-order valence-corrected chi connectivity index (χ0v) is 11.9. The highest BCUT2D eigenvalue weighted by atomic mass is 14.9. The average molecular weight is 245 g/mol. The summed E-state index contributed by atoms with van der Waals surface area (Å²) in [6.45, 7) is 5.63. The fraction of sp³-hybridized carbons (Fsp3) is 0.647. The van der Waals surface area contributed by atoms with E-state index in [2.05, 4.69) is 49.5 Å². The van der Waals surface area contributed by atoms with Crippen molar-refractivity contribution in [2.24, 2.45) is 5.92 Å². The second-order valence-corrected chi connectivity index (χ2v) is 5.62. The Hall–Kier alpha value is -0.820. The third-order valence-corrected chi connectivity index (χ3v) is 4.43. The van der Waals surface area contributed by atoms with E-state index in [9.17, 15) is 0 Å². The molecule has 1 nitrogen and oxygen atoms in total. The van der Waals surface area contributed by atoms with Gasteiger partial charge in [0.1, 0.15) is 0 Å². The van der Waals surface area contributed by atoms with E-state index in [1.165, 1.54) is 37.7 Å². The Morgan fingerprint density at radius 2 is 1.89 bits per heavy atom. The van der Waals surface area contributed by atoms with E-state index in [4.69, 9.17) is 0 Å². The average Bonchev–Trinajstić information content (AvgIpc) is 2.36. The van der Waals surface area contributed by atoms with Gasteiger partial charge in [0.25, 0.3) is 0 Å². The summed E-state index contributed by atoms with van der Waals surface area (Å²) in [6.07, 6.45) is 6.95. The molecule has 0 aromatic heterocycles. The van der Waals surface area contributed by atoms with Gasteiger partial charge in [0.2, 0.25) is 0 Å². The number of likely N-dealkylation sites (N-methyl/N-ethyl adjacent to an activating group) is 1. The van der Waals surface area contributed by atoms with Crippen molar-refractivity contribution >= 4 is 0 Å². The number of hydrogen-bond donors (Lipinski definition) is 1. The molecule has 0 aliphatic heterocycles. The molecule has 100 valence electrons. The highest BCUT2D eigenvalue weighted by Gasteiger charge is 2.27. The second kappa shape index (κ2) is 6.94. The van der Waals surface area contributed by atoms with Crippen molar-refractivity contribution in [2.45, 2.75) is 57.9 Å². The van der Waals surface area contributed by atoms with E-state index in [0.717, 1.165) is 12.5 Å². The second-order valence-electron chi connectivity index (χ2n) is 5.62. The molecule has 0 bridgehead atoms. The van der Waals surface area contributed by atoms with E-state index >= 15 is 0 Å². The first-order chi connectivity index (χ1) is 8.85. The SMILES string of the molecule is CCNC(CC1CCC1)C(CC)c1ccccc1. The van der Waals surface area contributed by atoms with Crippen molar-refractivity contribution < 1.29 is 0 Å². The smallest absolute Gasteiger partial charge is 0.0138 e. The zero-order chi connectivity index (χ0) is 12.8. The van der Waals surface area contributed by atoms with Crippen LogP contribution < -0.4 is 5.32 Å². The van der Waals surface area contributed by atoms with Gasteiger partial charge in [-0.15, -0.1) is 0 Å². The molecule has 1 aliphatic carbocycles. The molecule has 0 amide bonds. The quantitative estimate of drug-likeness (QED) is 0.753. The normalized spacial score (nSPS) is 19.2. The molecule has 2 rings (SSSR count). The van der Waals surface area contributed by atoms with Gasteiger partial charge in [-0.25, -0.2) is 0 Å². The van der Waals surface area contributed by atoms with Crippen LogP contribution in [0.5, 0.6) is 0 Å². The van der Waals surface area contributed by atoms with Gasteiger partial charge < -0.3 is 5.32 Å². The predicted molar refractivity (Wildman–Crippen MR) is 78.9 cm³/mol. The van der Waals surface area contributed by atoms with Gasteiger partial charge in [0.15, 0.2) is 0 Å². The maximum absolute atomic E-state index is 3.73. The molecule has 2 atom stereocenters. The summed E-state index contributed by atoms with van der Waals surface area (Å²) < 4.78 is 0. The Kier molecular flexibility index (Phi) is 5.25. The Morgan fingerprint density at radius 3 is 2.39 bits per heavy atom. The maximum atomic E-state index is 3.73. The van der Waals surface area contributed by atoms with E-state index in [0.29, 0.717) is 12.0 Å². The fourth-order valence-electron chi connectivity index (χ4n) is 3.19. The summed E-state index contributed by atoms with van der Waals surface area (Å²) in [4.78, 5) is 0. The van der Waals surface area contributed by atoms with E-state index in [-0.39, 0.29) is 0 Å². The zero-order valence-electron chi connectivity index (χ0n) is 11.9. The van der Waals surface area contributed by atoms with Crippen LogP contribution in [0.15, 0.2) is 30.3 Å². The monoisotopic (exact) mass is 245 g/mol. The molecule has 0 spiro atoms. The van der Waals surface area contributed by atoms with Crippen LogP contribution in [0.3, 0.4) is 0 Å². The van der Waals surface area contributed by atoms with Gasteiger partial charge in [0.05, 0.1) is 0 Å². The van der Waals surface area contributed by atoms with Crippen LogP contribution in [-0.2, 0) is 0 Å². The van der Waals surface area contributed by atoms with E-state index in [1.54, 1.807) is 0 Å². The molecule has 18 heavy (non-hydrogen) atoms. The van der Waals surface area contributed by atoms with Gasteiger partial charge >= 0.3 is 0 Å². The summed E-state index contributed by atoms with van der Waals surface area (Å²) in [6, 6.07) is 11.7. The number of nitrogens with one attached hydrogen (secondary N) is 1. The molecule has 1 aromatic rings. The maximum Gasteiger partial charge on any atom is 0.0138 e. The number of benzene rings is 1. The lowest BCUT2D eigenvalue weighted by atomic mass is 9.76. The Bertz CT molecular complexity index is 329. The lowest BCUT2D eigenvalue weighted by molar-refractivity contribution is 0.243. The Morgan fingerprint density at radius 1 is 1.17 bits per heavy atom. The highest BCUT2D eigenvalue weighted by molar-refractivity contribution is 5.21. The molecular weight excluding hydrogens is 218 g/mol. The minimum Gasteiger partial charge on any atom is -0.314 e. The molecule has 0 heterocycles. The first-order valence-electron chi connectivity index (χ1n) is 7.63. The summed E-state index contributed by atoms with van der Waals surface area (Å²) in [5.41, 5.74) is 1.50. The lowest BCUT2D eigenvalue weighted by Gasteiger charge is -2.34. The van der Waals surface area contributed by atoms with Crippen molar-refractivity contribution in [3.8, 4) is 0 Å². The number of rotatable bonds is 7. The molecule has 0 radical (unpaired) electrons. The van der Waals surface area contributed by atoms with Crippen molar-refractivity contribution in [3.63, 3.8) is 0 Å². The van der Waals surface area contributed by atoms with E-state index < -0.39 is 0 Å². The Labute approximate surface area is 112 Å². The van der Waals surface area contributed by atoms with Crippen molar-refractivity contribution in [1.82, 2.24) is 5.32 Å². The Balaban J connectivity index is 2.05. The van der Waals surface area contributed by atoms with Gasteiger partial charge in [0, 0.05) is 6.04 Å². The predicted octanol–water partition coefficient (Wildman–Crippen LogP) is 4.35. The summed E-state index contributed by atoms with van der Waals surface area (Å²) in [5, 5.41) is 3.73. The molecule has 1 N–H and O–H groups in total. The largest absolute Gasteiger partial charge is 0.314 e. The van der Waals surface area contributed by atoms with Crippen LogP contribution in [0, 0.1) is 5.92 Å². The third-order valence-electron chi connectivity index (χ3n) is 4.43.